The van der Waals surface area contributed by atoms with Gasteiger partial charge in [-0.15, -0.1) is 0 Å². The molecule has 0 radical (unpaired) electrons. The first-order valence-corrected chi connectivity index (χ1v) is 10.4. The second kappa shape index (κ2) is 10.8. The van der Waals surface area contributed by atoms with E-state index in [0.717, 1.165) is 25.4 Å². The Balaban J connectivity index is 1.64. The Hall–Kier alpha value is -1.83. The Kier molecular flexibility index (Phi) is 8.74. The molecule has 0 bridgehead atoms. The molecule has 1 aromatic carbocycles. The fourth-order valence-electron chi connectivity index (χ4n) is 3.13. The first kappa shape index (κ1) is 23.4. The number of hydrogen-bond donors (Lipinski definition) is 1. The highest BCUT2D eigenvalue weighted by molar-refractivity contribution is 6.30. The number of ether oxygens (including phenoxy) is 1. The predicted molar refractivity (Wildman–Crippen MR) is 115 cm³/mol. The van der Waals surface area contributed by atoms with Gasteiger partial charge in [-0.2, -0.15) is 0 Å². The number of benzene rings is 1. The molecule has 1 fully saturated rings. The molecule has 2 rings (SSSR count). The van der Waals surface area contributed by atoms with E-state index in [2.05, 4.69) is 10.2 Å². The SMILES string of the molecule is CN(CC(=O)NC(C)(C)C)CC(=O)N1CCN(CCOc2ccc(Cl)cc2)CC1. The summed E-state index contributed by atoms with van der Waals surface area (Å²) >= 11 is 5.87. The fourth-order valence-corrected chi connectivity index (χ4v) is 3.26. The van der Waals surface area contributed by atoms with Crippen molar-refractivity contribution in [3.8, 4) is 5.75 Å². The van der Waals surface area contributed by atoms with Gasteiger partial charge >= 0.3 is 0 Å². The molecule has 162 valence electrons. The quantitative estimate of drug-likeness (QED) is 0.688. The number of nitrogens with one attached hydrogen (secondary N) is 1. The molecular formula is C21H33ClN4O3. The number of piperazine rings is 1. The summed E-state index contributed by atoms with van der Waals surface area (Å²) in [5, 5.41) is 3.61. The third-order valence-electron chi connectivity index (χ3n) is 4.55. The van der Waals surface area contributed by atoms with Crippen molar-refractivity contribution in [2.45, 2.75) is 26.3 Å². The van der Waals surface area contributed by atoms with Gasteiger partial charge in [0.25, 0.3) is 0 Å². The van der Waals surface area contributed by atoms with Crippen molar-refractivity contribution < 1.29 is 14.3 Å². The lowest BCUT2D eigenvalue weighted by Gasteiger charge is -2.35. The minimum absolute atomic E-state index is 0.0631. The Morgan fingerprint density at radius 2 is 1.72 bits per heavy atom. The van der Waals surface area contributed by atoms with Crippen LogP contribution < -0.4 is 10.1 Å². The average Bonchev–Trinajstić information content (AvgIpc) is 2.62. The average molecular weight is 425 g/mol. The van der Waals surface area contributed by atoms with Crippen LogP contribution in [0.15, 0.2) is 24.3 Å². The van der Waals surface area contributed by atoms with E-state index in [1.807, 2.05) is 49.9 Å². The minimum atomic E-state index is -0.268. The van der Waals surface area contributed by atoms with Gasteiger partial charge in [0.1, 0.15) is 12.4 Å². The van der Waals surface area contributed by atoms with Crippen LogP contribution in [0.1, 0.15) is 20.8 Å². The van der Waals surface area contributed by atoms with Gasteiger partial charge in [-0.05, 0) is 52.1 Å². The van der Waals surface area contributed by atoms with Crippen LogP contribution in [0.4, 0.5) is 0 Å². The largest absolute Gasteiger partial charge is 0.492 e. The zero-order valence-corrected chi connectivity index (χ0v) is 18.7. The van der Waals surface area contributed by atoms with E-state index in [9.17, 15) is 9.59 Å². The van der Waals surface area contributed by atoms with Gasteiger partial charge in [0.05, 0.1) is 13.1 Å². The molecule has 0 spiro atoms. The van der Waals surface area contributed by atoms with Gasteiger partial charge in [0.15, 0.2) is 0 Å². The van der Waals surface area contributed by atoms with Crippen molar-refractivity contribution in [2.75, 3.05) is 59.5 Å². The summed E-state index contributed by atoms with van der Waals surface area (Å²) in [7, 11) is 1.80. The molecule has 1 heterocycles. The van der Waals surface area contributed by atoms with E-state index in [1.54, 1.807) is 11.9 Å². The van der Waals surface area contributed by atoms with Gasteiger partial charge in [0.2, 0.25) is 11.8 Å². The first-order chi connectivity index (χ1) is 13.6. The van der Waals surface area contributed by atoms with Crippen molar-refractivity contribution in [3.63, 3.8) is 0 Å². The highest BCUT2D eigenvalue weighted by Gasteiger charge is 2.23. The summed E-state index contributed by atoms with van der Waals surface area (Å²) in [6.07, 6.45) is 0. The van der Waals surface area contributed by atoms with Crippen molar-refractivity contribution in [2.24, 2.45) is 0 Å². The molecule has 2 amide bonds. The summed E-state index contributed by atoms with van der Waals surface area (Å²) in [6, 6.07) is 7.34. The molecule has 1 N–H and O–H groups in total. The first-order valence-electron chi connectivity index (χ1n) is 10.0. The van der Waals surface area contributed by atoms with Crippen molar-refractivity contribution in [1.29, 1.82) is 0 Å². The maximum absolute atomic E-state index is 12.5. The van der Waals surface area contributed by atoms with Crippen LogP contribution in [0.25, 0.3) is 0 Å². The van der Waals surface area contributed by atoms with E-state index < -0.39 is 0 Å². The molecule has 1 saturated heterocycles. The lowest BCUT2D eigenvalue weighted by Crippen LogP contribution is -2.52. The lowest BCUT2D eigenvalue weighted by atomic mass is 10.1. The van der Waals surface area contributed by atoms with Gasteiger partial charge in [-0.1, -0.05) is 11.6 Å². The molecule has 0 unspecified atom stereocenters. The summed E-state index contributed by atoms with van der Waals surface area (Å²) in [5.74, 6) is 0.799. The van der Waals surface area contributed by atoms with E-state index >= 15 is 0 Å². The highest BCUT2D eigenvalue weighted by atomic mass is 35.5. The topological polar surface area (TPSA) is 65.1 Å². The molecule has 1 aliphatic rings. The molecule has 29 heavy (non-hydrogen) atoms. The number of carbonyl (C=O) groups excluding carboxylic acids is 2. The maximum Gasteiger partial charge on any atom is 0.236 e. The molecule has 7 nitrogen and oxygen atoms in total. The molecule has 0 aromatic heterocycles. The van der Waals surface area contributed by atoms with Gasteiger partial charge in [-0.25, -0.2) is 0 Å². The molecule has 1 aliphatic heterocycles. The molecular weight excluding hydrogens is 392 g/mol. The smallest absolute Gasteiger partial charge is 0.236 e. The summed E-state index contributed by atoms with van der Waals surface area (Å²) < 4.78 is 5.74. The minimum Gasteiger partial charge on any atom is -0.492 e. The monoisotopic (exact) mass is 424 g/mol. The number of carbonyl (C=O) groups is 2. The zero-order valence-electron chi connectivity index (χ0n) is 17.9. The number of rotatable bonds is 8. The van der Waals surface area contributed by atoms with E-state index in [-0.39, 0.29) is 30.4 Å². The number of amides is 2. The van der Waals surface area contributed by atoms with Crippen LogP contribution in [0, 0.1) is 0 Å². The Bertz CT molecular complexity index is 667. The number of nitrogens with zero attached hydrogens (tertiary/aromatic N) is 3. The third kappa shape index (κ3) is 9.02. The van der Waals surface area contributed by atoms with Crippen LogP contribution in [0.2, 0.25) is 5.02 Å². The lowest BCUT2D eigenvalue weighted by molar-refractivity contribution is -0.134. The van der Waals surface area contributed by atoms with Crippen molar-refractivity contribution in [1.82, 2.24) is 20.0 Å². The predicted octanol–water partition coefficient (Wildman–Crippen LogP) is 1.71. The molecule has 0 saturated carbocycles. The Morgan fingerprint density at radius 3 is 2.31 bits per heavy atom. The zero-order chi connectivity index (χ0) is 21.4. The molecule has 8 heteroatoms. The molecule has 1 aromatic rings. The second-order valence-corrected chi connectivity index (χ2v) is 8.93. The maximum atomic E-state index is 12.5. The molecule has 0 atom stereocenters. The normalized spacial score (nSPS) is 15.4. The second-order valence-electron chi connectivity index (χ2n) is 8.50. The van der Waals surface area contributed by atoms with Crippen molar-refractivity contribution in [3.05, 3.63) is 29.3 Å². The highest BCUT2D eigenvalue weighted by Crippen LogP contribution is 2.15. The fraction of sp³-hybridized carbons (Fsp3) is 0.619. The standard InChI is InChI=1S/C21H33ClN4O3/c1-21(2,3)23-19(27)15-24(4)16-20(28)26-11-9-25(10-12-26)13-14-29-18-7-5-17(22)6-8-18/h5-8H,9-16H2,1-4H3,(H,23,27). The summed E-state index contributed by atoms with van der Waals surface area (Å²) in [5.41, 5.74) is -0.268. The van der Waals surface area contributed by atoms with Crippen LogP contribution in [0.5, 0.6) is 5.75 Å². The van der Waals surface area contributed by atoms with Crippen LogP contribution >= 0.6 is 11.6 Å². The summed E-state index contributed by atoms with van der Waals surface area (Å²) in [4.78, 5) is 30.4. The number of likely N-dealkylation sites (N-methyl/N-ethyl adjacent to an activating group) is 1. The number of halogens is 1. The Morgan fingerprint density at radius 1 is 1.10 bits per heavy atom. The molecule has 0 aliphatic carbocycles. The summed E-state index contributed by atoms with van der Waals surface area (Å²) in [6.45, 7) is 10.7. The van der Waals surface area contributed by atoms with E-state index in [0.29, 0.717) is 24.7 Å². The number of hydrogen-bond acceptors (Lipinski definition) is 5. The Labute approximate surface area is 178 Å². The van der Waals surface area contributed by atoms with Crippen LogP contribution in [-0.2, 0) is 9.59 Å². The van der Waals surface area contributed by atoms with Gasteiger partial charge < -0.3 is 15.0 Å². The van der Waals surface area contributed by atoms with E-state index in [1.165, 1.54) is 0 Å². The van der Waals surface area contributed by atoms with Crippen molar-refractivity contribution >= 4 is 23.4 Å². The van der Waals surface area contributed by atoms with E-state index in [4.69, 9.17) is 16.3 Å². The van der Waals surface area contributed by atoms with Gasteiger partial charge in [0, 0.05) is 43.3 Å². The third-order valence-corrected chi connectivity index (χ3v) is 4.80. The van der Waals surface area contributed by atoms with Crippen LogP contribution in [0.3, 0.4) is 0 Å². The van der Waals surface area contributed by atoms with Gasteiger partial charge in [-0.3, -0.25) is 19.4 Å². The van der Waals surface area contributed by atoms with Crippen LogP contribution in [-0.4, -0.2) is 91.5 Å².